The fourth-order valence-corrected chi connectivity index (χ4v) is 1.98. The highest BCUT2D eigenvalue weighted by atomic mass is 19.3. The van der Waals surface area contributed by atoms with Crippen molar-refractivity contribution in [2.45, 2.75) is 20.5 Å². The first kappa shape index (κ1) is 14.7. The number of para-hydroxylation sites is 2. The molecule has 0 fully saturated rings. The molecule has 1 N–H and O–H groups in total. The first-order valence-electron chi connectivity index (χ1n) is 6.20. The Morgan fingerprint density at radius 1 is 1.24 bits per heavy atom. The van der Waals surface area contributed by atoms with Crippen LogP contribution in [0.25, 0.3) is 0 Å². The lowest BCUT2D eigenvalue weighted by Gasteiger charge is -2.14. The largest absolute Gasteiger partial charge is 0.433 e. The van der Waals surface area contributed by atoms with E-state index in [1.54, 1.807) is 38.1 Å². The summed E-state index contributed by atoms with van der Waals surface area (Å²) in [6.07, 6.45) is 0. The maximum atomic E-state index is 12.4. The molecule has 0 spiro atoms. The molecule has 0 aliphatic carbocycles. The van der Waals surface area contributed by atoms with Crippen molar-refractivity contribution in [2.24, 2.45) is 0 Å². The van der Waals surface area contributed by atoms with E-state index in [4.69, 9.17) is 0 Å². The van der Waals surface area contributed by atoms with Crippen molar-refractivity contribution < 1.29 is 13.5 Å². The molecular formula is C15H13F2N3O. The third-order valence-corrected chi connectivity index (χ3v) is 2.81. The van der Waals surface area contributed by atoms with Crippen LogP contribution in [0.2, 0.25) is 0 Å². The fourth-order valence-electron chi connectivity index (χ4n) is 1.98. The zero-order valence-electron chi connectivity index (χ0n) is 11.5. The van der Waals surface area contributed by atoms with Crippen LogP contribution < -0.4 is 10.1 Å². The van der Waals surface area contributed by atoms with Gasteiger partial charge in [-0.15, -0.1) is 0 Å². The normalized spacial score (nSPS) is 10.3. The Bertz CT molecular complexity index is 696. The lowest BCUT2D eigenvalue weighted by molar-refractivity contribution is -0.0493. The van der Waals surface area contributed by atoms with Gasteiger partial charge in [0, 0.05) is 5.69 Å². The van der Waals surface area contributed by atoms with Crippen molar-refractivity contribution in [3.05, 3.63) is 47.3 Å². The van der Waals surface area contributed by atoms with Crippen molar-refractivity contribution in [3.63, 3.8) is 0 Å². The first-order valence-corrected chi connectivity index (χ1v) is 6.20. The van der Waals surface area contributed by atoms with Gasteiger partial charge >= 0.3 is 6.61 Å². The van der Waals surface area contributed by atoms with E-state index in [9.17, 15) is 14.0 Å². The number of anilines is 2. The molecule has 2 aromatic rings. The molecule has 6 heteroatoms. The molecule has 0 amide bonds. The summed E-state index contributed by atoms with van der Waals surface area (Å²) in [5, 5.41) is 12.2. The van der Waals surface area contributed by atoms with E-state index in [0.717, 1.165) is 5.69 Å². The number of nitrogens with one attached hydrogen (secondary N) is 1. The summed E-state index contributed by atoms with van der Waals surface area (Å²) in [4.78, 5) is 4.20. The molecule has 2 rings (SSSR count). The van der Waals surface area contributed by atoms with Crippen LogP contribution in [-0.2, 0) is 0 Å². The summed E-state index contributed by atoms with van der Waals surface area (Å²) >= 11 is 0. The van der Waals surface area contributed by atoms with Gasteiger partial charge in [0.15, 0.2) is 0 Å². The first-order chi connectivity index (χ1) is 10.0. The standard InChI is InChI=1S/C15H13F2N3O/c1-9-7-13(11(8-18)10(2)19-9)20-12-5-3-4-6-14(12)21-15(16)17/h3-7,15H,1-2H3,(H,19,20). The zero-order valence-corrected chi connectivity index (χ0v) is 11.5. The summed E-state index contributed by atoms with van der Waals surface area (Å²) < 4.78 is 29.3. The number of hydrogen-bond acceptors (Lipinski definition) is 4. The van der Waals surface area contributed by atoms with Crippen molar-refractivity contribution in [1.29, 1.82) is 5.26 Å². The second kappa shape index (κ2) is 6.18. The highest BCUT2D eigenvalue weighted by Gasteiger charge is 2.12. The number of aryl methyl sites for hydroxylation is 2. The molecule has 1 aromatic heterocycles. The van der Waals surface area contributed by atoms with E-state index in [0.29, 0.717) is 22.6 Å². The molecule has 21 heavy (non-hydrogen) atoms. The van der Waals surface area contributed by atoms with Crippen LogP contribution in [0.5, 0.6) is 5.75 Å². The zero-order chi connectivity index (χ0) is 15.4. The molecule has 1 heterocycles. The van der Waals surface area contributed by atoms with Gasteiger partial charge in [0.05, 0.1) is 22.6 Å². The number of ether oxygens (including phenoxy) is 1. The molecule has 0 aliphatic heterocycles. The monoisotopic (exact) mass is 289 g/mol. The minimum atomic E-state index is -2.91. The quantitative estimate of drug-likeness (QED) is 0.927. The third-order valence-electron chi connectivity index (χ3n) is 2.81. The maximum absolute atomic E-state index is 12.4. The molecule has 0 aliphatic rings. The predicted octanol–water partition coefficient (Wildman–Crippen LogP) is 3.92. The topological polar surface area (TPSA) is 57.9 Å². The number of aromatic nitrogens is 1. The molecule has 108 valence electrons. The van der Waals surface area contributed by atoms with E-state index in [1.807, 2.05) is 0 Å². The van der Waals surface area contributed by atoms with Crippen LogP contribution in [0.3, 0.4) is 0 Å². The second-order valence-electron chi connectivity index (χ2n) is 4.38. The second-order valence-corrected chi connectivity index (χ2v) is 4.38. The number of benzene rings is 1. The third kappa shape index (κ3) is 3.45. The van der Waals surface area contributed by atoms with Crippen molar-refractivity contribution >= 4 is 11.4 Å². The summed E-state index contributed by atoms with van der Waals surface area (Å²) in [6.45, 7) is 0.600. The molecule has 0 saturated carbocycles. The Kier molecular flexibility index (Phi) is 4.33. The Morgan fingerprint density at radius 3 is 2.62 bits per heavy atom. The molecule has 0 saturated heterocycles. The predicted molar refractivity (Wildman–Crippen MR) is 74.8 cm³/mol. The van der Waals surface area contributed by atoms with E-state index in [1.165, 1.54) is 6.07 Å². The number of halogens is 2. The van der Waals surface area contributed by atoms with Gasteiger partial charge in [-0.2, -0.15) is 14.0 Å². The van der Waals surface area contributed by atoms with Crippen LogP contribution in [0.15, 0.2) is 30.3 Å². The minimum Gasteiger partial charge on any atom is -0.433 e. The van der Waals surface area contributed by atoms with Crippen LogP contribution in [0, 0.1) is 25.2 Å². The van der Waals surface area contributed by atoms with Gasteiger partial charge in [0.2, 0.25) is 0 Å². The number of nitriles is 1. The molecule has 0 atom stereocenters. The molecule has 1 aromatic carbocycles. The average Bonchev–Trinajstić information content (AvgIpc) is 2.40. The molecule has 0 unspecified atom stereocenters. The highest BCUT2D eigenvalue weighted by molar-refractivity contribution is 5.71. The Morgan fingerprint density at radius 2 is 1.95 bits per heavy atom. The van der Waals surface area contributed by atoms with Gasteiger partial charge in [-0.05, 0) is 32.0 Å². The molecule has 0 radical (unpaired) electrons. The number of alkyl halides is 2. The number of rotatable bonds is 4. The van der Waals surface area contributed by atoms with Crippen LogP contribution in [0.1, 0.15) is 17.0 Å². The smallest absolute Gasteiger partial charge is 0.387 e. The van der Waals surface area contributed by atoms with Crippen molar-refractivity contribution in [2.75, 3.05) is 5.32 Å². The van der Waals surface area contributed by atoms with Gasteiger partial charge in [-0.3, -0.25) is 4.98 Å². The Labute approximate surface area is 121 Å². The van der Waals surface area contributed by atoms with Gasteiger partial charge in [0.1, 0.15) is 11.8 Å². The highest BCUT2D eigenvalue weighted by Crippen LogP contribution is 2.30. The Hall–Kier alpha value is -2.68. The molecule has 0 bridgehead atoms. The van der Waals surface area contributed by atoms with E-state index in [-0.39, 0.29) is 5.75 Å². The molecular weight excluding hydrogens is 276 g/mol. The van der Waals surface area contributed by atoms with Crippen LogP contribution in [0.4, 0.5) is 20.2 Å². The Balaban J connectivity index is 2.42. The van der Waals surface area contributed by atoms with Gasteiger partial charge in [-0.25, -0.2) is 0 Å². The average molecular weight is 289 g/mol. The number of nitrogens with zero attached hydrogens (tertiary/aromatic N) is 2. The van der Waals surface area contributed by atoms with Crippen molar-refractivity contribution in [1.82, 2.24) is 4.98 Å². The van der Waals surface area contributed by atoms with E-state index in [2.05, 4.69) is 21.1 Å². The van der Waals surface area contributed by atoms with E-state index < -0.39 is 6.61 Å². The lowest BCUT2D eigenvalue weighted by Crippen LogP contribution is -2.05. The summed E-state index contributed by atoms with van der Waals surface area (Å²) in [5.41, 5.74) is 2.54. The summed E-state index contributed by atoms with van der Waals surface area (Å²) in [6, 6.07) is 10.1. The summed E-state index contributed by atoms with van der Waals surface area (Å²) in [5.74, 6) is 0.0171. The van der Waals surface area contributed by atoms with Crippen LogP contribution in [-0.4, -0.2) is 11.6 Å². The van der Waals surface area contributed by atoms with Gasteiger partial charge in [0.25, 0.3) is 0 Å². The van der Waals surface area contributed by atoms with Crippen LogP contribution >= 0.6 is 0 Å². The van der Waals surface area contributed by atoms with Crippen molar-refractivity contribution in [3.8, 4) is 11.8 Å². The number of hydrogen-bond donors (Lipinski definition) is 1. The maximum Gasteiger partial charge on any atom is 0.387 e. The van der Waals surface area contributed by atoms with Gasteiger partial charge in [-0.1, -0.05) is 12.1 Å². The van der Waals surface area contributed by atoms with E-state index >= 15 is 0 Å². The SMILES string of the molecule is Cc1cc(Nc2ccccc2OC(F)F)c(C#N)c(C)n1. The summed E-state index contributed by atoms with van der Waals surface area (Å²) in [7, 11) is 0. The minimum absolute atomic E-state index is 0.0171. The number of pyridine rings is 1. The fraction of sp³-hybridized carbons (Fsp3) is 0.200. The lowest BCUT2D eigenvalue weighted by atomic mass is 10.1. The molecule has 4 nitrogen and oxygen atoms in total. The van der Waals surface area contributed by atoms with Gasteiger partial charge < -0.3 is 10.1 Å².